The first-order valence-corrected chi connectivity index (χ1v) is 9.96. The summed E-state index contributed by atoms with van der Waals surface area (Å²) in [6, 6.07) is 6.84. The number of amides is 4. The molecule has 1 atom stereocenters. The number of rotatable bonds is 9. The molecule has 158 valence electrons. The minimum Gasteiger partial charge on any atom is -0.454 e. The number of anilines is 1. The molecule has 0 aliphatic carbocycles. The number of para-hydroxylation sites is 1. The zero-order valence-corrected chi connectivity index (χ0v) is 17.4. The minimum absolute atomic E-state index is 0.270. The summed E-state index contributed by atoms with van der Waals surface area (Å²) >= 11 is 0. The van der Waals surface area contributed by atoms with E-state index in [2.05, 4.69) is 24.5 Å². The van der Waals surface area contributed by atoms with Crippen LogP contribution in [0.1, 0.15) is 58.4 Å². The Hall–Kier alpha value is -2.90. The lowest BCUT2D eigenvalue weighted by Gasteiger charge is -2.22. The highest BCUT2D eigenvalue weighted by Gasteiger charge is 2.49. The van der Waals surface area contributed by atoms with Crippen LogP contribution in [0, 0.1) is 0 Å². The molecule has 8 heteroatoms. The molecule has 1 heterocycles. The van der Waals surface area contributed by atoms with Crippen molar-refractivity contribution in [3.8, 4) is 0 Å². The van der Waals surface area contributed by atoms with Crippen molar-refractivity contribution in [2.45, 2.75) is 58.4 Å². The summed E-state index contributed by atoms with van der Waals surface area (Å²) in [5, 5.41) is 5.39. The molecule has 29 heavy (non-hydrogen) atoms. The van der Waals surface area contributed by atoms with Crippen LogP contribution in [0.15, 0.2) is 24.3 Å². The summed E-state index contributed by atoms with van der Waals surface area (Å²) in [6.45, 7) is 6.70. The lowest BCUT2D eigenvalue weighted by Crippen LogP contribution is -2.46. The molecule has 1 aromatic rings. The Morgan fingerprint density at radius 3 is 2.41 bits per heavy atom. The molecular weight excluding hydrogens is 374 g/mol. The number of carbonyl (C=O) groups is 4. The van der Waals surface area contributed by atoms with Crippen molar-refractivity contribution in [3.05, 3.63) is 29.8 Å². The third-order valence-corrected chi connectivity index (χ3v) is 5.48. The van der Waals surface area contributed by atoms with Gasteiger partial charge in [-0.25, -0.2) is 4.79 Å². The van der Waals surface area contributed by atoms with Crippen LogP contribution in [0.25, 0.3) is 0 Å². The predicted molar refractivity (Wildman–Crippen MR) is 108 cm³/mol. The Morgan fingerprint density at radius 2 is 1.83 bits per heavy atom. The maximum atomic E-state index is 12.5. The first-order chi connectivity index (χ1) is 13.8. The Bertz CT molecular complexity index is 788. The highest BCUT2D eigenvalue weighted by molar-refractivity contribution is 6.08. The van der Waals surface area contributed by atoms with Crippen LogP contribution in [0.5, 0.6) is 0 Å². The van der Waals surface area contributed by atoms with Crippen LogP contribution in [0.3, 0.4) is 0 Å². The minimum atomic E-state index is -0.978. The molecule has 0 radical (unpaired) electrons. The molecule has 1 aliphatic heterocycles. The van der Waals surface area contributed by atoms with Crippen LogP contribution < -0.4 is 10.6 Å². The lowest BCUT2D eigenvalue weighted by atomic mass is 9.93. The van der Waals surface area contributed by atoms with Crippen molar-refractivity contribution in [1.82, 2.24) is 10.2 Å². The van der Waals surface area contributed by atoms with Crippen molar-refractivity contribution in [2.75, 3.05) is 18.5 Å². The Labute approximate surface area is 171 Å². The van der Waals surface area contributed by atoms with Gasteiger partial charge in [0.1, 0.15) is 12.1 Å². The molecule has 1 aromatic carbocycles. The summed E-state index contributed by atoms with van der Waals surface area (Å²) in [6.07, 6.45) is 1.78. The van der Waals surface area contributed by atoms with Crippen LogP contribution in [0.2, 0.25) is 0 Å². The first-order valence-electron chi connectivity index (χ1n) is 9.96. The number of hydrogen-bond donors (Lipinski definition) is 2. The summed E-state index contributed by atoms with van der Waals surface area (Å²) in [7, 11) is 0. The zero-order valence-electron chi connectivity index (χ0n) is 17.4. The van der Waals surface area contributed by atoms with E-state index in [-0.39, 0.29) is 5.92 Å². The fraction of sp³-hybridized carbons (Fsp3) is 0.524. The van der Waals surface area contributed by atoms with Gasteiger partial charge in [0.15, 0.2) is 6.61 Å². The van der Waals surface area contributed by atoms with Crippen molar-refractivity contribution in [3.63, 3.8) is 0 Å². The molecule has 0 unspecified atom stereocenters. The second-order valence-corrected chi connectivity index (χ2v) is 7.22. The number of hydrogen-bond acceptors (Lipinski definition) is 5. The average Bonchev–Trinajstić information content (AvgIpc) is 2.96. The van der Waals surface area contributed by atoms with Crippen molar-refractivity contribution >= 4 is 29.5 Å². The molecular formula is C21H29N3O5. The third-order valence-electron chi connectivity index (χ3n) is 5.48. The van der Waals surface area contributed by atoms with Gasteiger partial charge >= 0.3 is 12.0 Å². The van der Waals surface area contributed by atoms with E-state index in [1.807, 2.05) is 18.2 Å². The Morgan fingerprint density at radius 1 is 1.17 bits per heavy atom. The van der Waals surface area contributed by atoms with E-state index in [0.29, 0.717) is 18.5 Å². The number of urea groups is 1. The van der Waals surface area contributed by atoms with Gasteiger partial charge in [0.05, 0.1) is 0 Å². The molecule has 0 spiro atoms. The van der Waals surface area contributed by atoms with Crippen LogP contribution in [-0.4, -0.2) is 47.4 Å². The molecule has 1 aliphatic rings. The van der Waals surface area contributed by atoms with Crippen LogP contribution in [0.4, 0.5) is 10.5 Å². The Balaban J connectivity index is 1.91. The number of nitrogens with one attached hydrogen (secondary N) is 2. The number of imide groups is 1. The molecule has 1 fully saturated rings. The molecule has 0 saturated carbocycles. The molecule has 4 amide bonds. The summed E-state index contributed by atoms with van der Waals surface area (Å²) in [4.78, 5) is 49.7. The largest absolute Gasteiger partial charge is 0.454 e. The molecule has 1 saturated heterocycles. The second-order valence-electron chi connectivity index (χ2n) is 7.22. The van der Waals surface area contributed by atoms with Gasteiger partial charge < -0.3 is 15.4 Å². The number of nitrogens with zero attached hydrogens (tertiary/aromatic N) is 1. The second kappa shape index (κ2) is 9.54. The number of esters is 1. The van der Waals surface area contributed by atoms with Crippen molar-refractivity contribution < 1.29 is 23.9 Å². The van der Waals surface area contributed by atoms with Gasteiger partial charge in [-0.3, -0.25) is 19.3 Å². The first kappa shape index (κ1) is 22.4. The maximum absolute atomic E-state index is 12.5. The normalized spacial score (nSPS) is 16.3. The smallest absolute Gasteiger partial charge is 0.326 e. The molecule has 2 N–H and O–H groups in total. The van der Waals surface area contributed by atoms with E-state index < -0.39 is 42.5 Å². The number of benzene rings is 1. The highest BCUT2D eigenvalue weighted by atomic mass is 16.5. The summed E-state index contributed by atoms with van der Waals surface area (Å²) in [5.41, 5.74) is 0.700. The maximum Gasteiger partial charge on any atom is 0.326 e. The predicted octanol–water partition coefficient (Wildman–Crippen LogP) is 2.79. The van der Waals surface area contributed by atoms with E-state index >= 15 is 0 Å². The standard InChI is InChI=1S/C21H29N3O5/c1-5-14(4)15-10-8-9-11-16(15)22-17(25)13-29-18(26)12-24-19(27)21(6-2,7-3)23-20(24)28/h8-11,14H,5-7,12-13H2,1-4H3,(H,22,25)(H,23,28)/t14-/m0/s1. The molecule has 0 aromatic heterocycles. The zero-order chi connectivity index (χ0) is 21.6. The van der Waals surface area contributed by atoms with E-state index in [1.54, 1.807) is 19.9 Å². The van der Waals surface area contributed by atoms with Crippen molar-refractivity contribution in [2.24, 2.45) is 0 Å². The molecule has 0 bridgehead atoms. The molecule has 2 rings (SSSR count). The quantitative estimate of drug-likeness (QED) is 0.487. The van der Waals surface area contributed by atoms with E-state index in [9.17, 15) is 19.2 Å². The van der Waals surface area contributed by atoms with E-state index in [1.165, 1.54) is 0 Å². The van der Waals surface area contributed by atoms with Crippen LogP contribution in [-0.2, 0) is 19.1 Å². The molecule has 8 nitrogen and oxygen atoms in total. The van der Waals surface area contributed by atoms with Crippen LogP contribution >= 0.6 is 0 Å². The number of carbonyl (C=O) groups excluding carboxylic acids is 4. The van der Waals surface area contributed by atoms with Gasteiger partial charge in [-0.2, -0.15) is 0 Å². The monoisotopic (exact) mass is 403 g/mol. The van der Waals surface area contributed by atoms with Gasteiger partial charge in [-0.1, -0.05) is 45.9 Å². The SMILES string of the molecule is CC[C@H](C)c1ccccc1NC(=O)COC(=O)CN1C(=O)NC(CC)(CC)C1=O. The van der Waals surface area contributed by atoms with Gasteiger partial charge in [0.25, 0.3) is 11.8 Å². The van der Waals surface area contributed by atoms with Gasteiger partial charge in [-0.05, 0) is 36.8 Å². The van der Waals surface area contributed by atoms with Gasteiger partial charge in [-0.15, -0.1) is 0 Å². The van der Waals surface area contributed by atoms with E-state index in [0.717, 1.165) is 16.9 Å². The van der Waals surface area contributed by atoms with Crippen molar-refractivity contribution in [1.29, 1.82) is 0 Å². The highest BCUT2D eigenvalue weighted by Crippen LogP contribution is 2.26. The fourth-order valence-electron chi connectivity index (χ4n) is 3.32. The fourth-order valence-corrected chi connectivity index (χ4v) is 3.32. The third kappa shape index (κ3) is 4.93. The topological polar surface area (TPSA) is 105 Å². The summed E-state index contributed by atoms with van der Waals surface area (Å²) < 4.78 is 4.97. The lowest BCUT2D eigenvalue weighted by molar-refractivity contribution is -0.150. The van der Waals surface area contributed by atoms with Gasteiger partial charge in [0, 0.05) is 5.69 Å². The van der Waals surface area contributed by atoms with E-state index in [4.69, 9.17) is 4.74 Å². The Kier molecular flexibility index (Phi) is 7.36. The van der Waals surface area contributed by atoms with Gasteiger partial charge in [0.2, 0.25) is 0 Å². The average molecular weight is 403 g/mol. The number of ether oxygens (including phenoxy) is 1. The summed E-state index contributed by atoms with van der Waals surface area (Å²) in [5.74, 6) is -1.48.